The number of hydrogen-bond acceptors (Lipinski definition) is 2. The summed E-state index contributed by atoms with van der Waals surface area (Å²) in [4.78, 5) is 12.6. The van der Waals surface area contributed by atoms with Crippen LogP contribution in [0.4, 0.5) is 13.2 Å². The van der Waals surface area contributed by atoms with Crippen molar-refractivity contribution in [2.24, 2.45) is 46.3 Å². The molecule has 3 saturated carbocycles. The third-order valence-corrected chi connectivity index (χ3v) is 11.8. The van der Waals surface area contributed by atoms with Crippen LogP contribution < -0.4 is 0 Å². The molecule has 8 atom stereocenters. The van der Waals surface area contributed by atoms with E-state index in [1.165, 1.54) is 50.5 Å². The van der Waals surface area contributed by atoms with Crippen LogP contribution in [0.1, 0.15) is 116 Å². The van der Waals surface area contributed by atoms with E-state index in [4.69, 9.17) is 4.74 Å². The van der Waals surface area contributed by atoms with Crippen molar-refractivity contribution >= 4 is 5.97 Å². The molecule has 216 valence electrons. The highest BCUT2D eigenvalue weighted by Gasteiger charge is 2.59. The molecule has 0 unspecified atom stereocenters. The minimum Gasteiger partial charge on any atom is -0.458 e. The average molecular weight is 545 g/mol. The summed E-state index contributed by atoms with van der Waals surface area (Å²) in [5.74, 6) is -0.484. The Kier molecular flexibility index (Phi) is 8.03. The minimum atomic E-state index is -1.57. The number of benzene rings is 1. The Balaban J connectivity index is 1.25. The van der Waals surface area contributed by atoms with Gasteiger partial charge in [0.15, 0.2) is 17.5 Å². The third kappa shape index (κ3) is 5.21. The van der Waals surface area contributed by atoms with Crippen LogP contribution in [0.25, 0.3) is 0 Å². The summed E-state index contributed by atoms with van der Waals surface area (Å²) < 4.78 is 46.3. The number of halogens is 3. The SMILES string of the molecule is CC(C)CCC[C@@H](C)[C@H]1CC[C@H]2[C@@H]3CC=C4C[C@@H](OC(=O)c5cc(F)c(F)c(F)c5)CC[C@]4(C)[C@H]3CC[C@]12C. The first-order chi connectivity index (χ1) is 18.4. The van der Waals surface area contributed by atoms with Crippen LogP contribution in [-0.2, 0) is 4.74 Å². The van der Waals surface area contributed by atoms with Crippen molar-refractivity contribution in [3.05, 3.63) is 46.8 Å². The lowest BCUT2D eigenvalue weighted by Crippen LogP contribution is -2.51. The summed E-state index contributed by atoms with van der Waals surface area (Å²) in [6.07, 6.45) is 15.0. The Morgan fingerprint density at radius 3 is 2.38 bits per heavy atom. The summed E-state index contributed by atoms with van der Waals surface area (Å²) in [6.45, 7) is 12.2. The van der Waals surface area contributed by atoms with Gasteiger partial charge >= 0.3 is 5.97 Å². The van der Waals surface area contributed by atoms with Gasteiger partial charge in [-0.15, -0.1) is 0 Å². The van der Waals surface area contributed by atoms with Crippen LogP contribution in [0.3, 0.4) is 0 Å². The van der Waals surface area contributed by atoms with Crippen LogP contribution >= 0.6 is 0 Å². The van der Waals surface area contributed by atoms with Gasteiger partial charge in [-0.3, -0.25) is 0 Å². The van der Waals surface area contributed by atoms with E-state index in [-0.39, 0.29) is 17.1 Å². The van der Waals surface area contributed by atoms with Crippen LogP contribution in [0, 0.1) is 63.8 Å². The van der Waals surface area contributed by atoms with Gasteiger partial charge in [-0.2, -0.15) is 0 Å². The first kappa shape index (κ1) is 28.7. The van der Waals surface area contributed by atoms with E-state index in [2.05, 4.69) is 40.7 Å². The predicted molar refractivity (Wildman–Crippen MR) is 149 cm³/mol. The molecule has 1 aromatic carbocycles. The maximum absolute atomic E-state index is 13.6. The molecule has 5 heteroatoms. The second-order valence-corrected chi connectivity index (χ2v) is 14.3. The van der Waals surface area contributed by atoms with Crippen LogP contribution in [0.2, 0.25) is 0 Å². The fraction of sp³-hybridized carbons (Fsp3) is 0.735. The number of allylic oxidation sites excluding steroid dienone is 1. The van der Waals surface area contributed by atoms with Crippen molar-refractivity contribution in [3.63, 3.8) is 0 Å². The second kappa shape index (κ2) is 10.9. The lowest BCUT2D eigenvalue weighted by molar-refractivity contribution is -0.0594. The van der Waals surface area contributed by atoms with Crippen molar-refractivity contribution < 1.29 is 22.7 Å². The molecule has 0 aliphatic heterocycles. The van der Waals surface area contributed by atoms with Gasteiger partial charge in [-0.1, -0.05) is 65.5 Å². The Hall–Kier alpha value is -1.78. The number of ether oxygens (including phenoxy) is 1. The molecular weight excluding hydrogens is 497 g/mol. The second-order valence-electron chi connectivity index (χ2n) is 14.3. The fourth-order valence-electron chi connectivity index (χ4n) is 9.65. The lowest BCUT2D eigenvalue weighted by atomic mass is 9.47. The molecule has 3 fully saturated rings. The molecule has 1 aromatic rings. The van der Waals surface area contributed by atoms with Gasteiger partial charge < -0.3 is 4.74 Å². The summed E-state index contributed by atoms with van der Waals surface area (Å²) in [5, 5.41) is 0. The molecule has 0 saturated heterocycles. The molecule has 4 aliphatic carbocycles. The van der Waals surface area contributed by atoms with E-state index in [1.807, 2.05) is 0 Å². The maximum atomic E-state index is 13.6. The van der Waals surface area contributed by atoms with E-state index >= 15 is 0 Å². The van der Waals surface area contributed by atoms with Crippen LogP contribution in [0.15, 0.2) is 23.8 Å². The molecule has 2 nitrogen and oxygen atoms in total. The summed E-state index contributed by atoms with van der Waals surface area (Å²) >= 11 is 0. The third-order valence-electron chi connectivity index (χ3n) is 11.8. The molecule has 0 radical (unpaired) electrons. The molecule has 4 aliphatic rings. The standard InChI is InChI=1S/C34H47F3O2/c1-20(2)7-6-8-21(3)26-11-12-27-25-10-9-23-19-24(13-15-33(23,4)28(25)14-16-34(26,27)5)39-32(38)22-17-29(35)31(37)30(36)18-22/h9,17-18,20-21,24-28H,6-8,10-16,19H2,1-5H3/t21-,24+,25+,26-,27+,28+,33+,34-/m1/s1. The normalized spacial score (nSPS) is 36.5. The molecule has 0 heterocycles. The largest absolute Gasteiger partial charge is 0.458 e. The predicted octanol–water partition coefficient (Wildman–Crippen LogP) is 9.67. The van der Waals surface area contributed by atoms with Gasteiger partial charge in [0.1, 0.15) is 6.10 Å². The molecule has 0 spiro atoms. The van der Waals surface area contributed by atoms with E-state index in [0.717, 1.165) is 61.0 Å². The number of carbonyl (C=O) groups is 1. The van der Waals surface area contributed by atoms with Gasteiger partial charge in [0.2, 0.25) is 0 Å². The van der Waals surface area contributed by atoms with Gasteiger partial charge in [-0.05, 0) is 103 Å². The van der Waals surface area contributed by atoms with E-state index in [9.17, 15) is 18.0 Å². The topological polar surface area (TPSA) is 26.3 Å². The molecule has 5 rings (SSSR count). The van der Waals surface area contributed by atoms with Gasteiger partial charge in [0, 0.05) is 6.42 Å². The molecule has 0 N–H and O–H groups in total. The highest BCUT2D eigenvalue weighted by Crippen LogP contribution is 2.67. The van der Waals surface area contributed by atoms with Gasteiger partial charge in [0.05, 0.1) is 5.56 Å². The molecule has 0 bridgehead atoms. The first-order valence-corrected chi connectivity index (χ1v) is 15.5. The molecule has 39 heavy (non-hydrogen) atoms. The number of rotatable bonds is 7. The van der Waals surface area contributed by atoms with Gasteiger partial charge in [0.25, 0.3) is 0 Å². The maximum Gasteiger partial charge on any atom is 0.338 e. The van der Waals surface area contributed by atoms with Crippen molar-refractivity contribution in [2.75, 3.05) is 0 Å². The number of carbonyl (C=O) groups excluding carboxylic acids is 1. The molecule has 0 aromatic heterocycles. The van der Waals surface area contributed by atoms with Crippen molar-refractivity contribution in [1.29, 1.82) is 0 Å². The van der Waals surface area contributed by atoms with Crippen molar-refractivity contribution in [3.8, 4) is 0 Å². The van der Waals surface area contributed by atoms with Crippen molar-refractivity contribution in [2.45, 2.75) is 111 Å². The fourth-order valence-corrected chi connectivity index (χ4v) is 9.65. The van der Waals surface area contributed by atoms with E-state index in [0.29, 0.717) is 17.8 Å². The van der Waals surface area contributed by atoms with Gasteiger partial charge in [-0.25, -0.2) is 18.0 Å². The molecule has 0 amide bonds. The Bertz CT molecular complexity index is 1090. The quantitative estimate of drug-likeness (QED) is 0.194. The number of fused-ring (bicyclic) bond motifs is 5. The smallest absolute Gasteiger partial charge is 0.338 e. The summed E-state index contributed by atoms with van der Waals surface area (Å²) in [7, 11) is 0. The lowest BCUT2D eigenvalue weighted by Gasteiger charge is -2.58. The Morgan fingerprint density at radius 2 is 1.69 bits per heavy atom. The molecular formula is C34H47F3O2. The average Bonchev–Trinajstić information content (AvgIpc) is 3.24. The highest BCUT2D eigenvalue weighted by atomic mass is 19.2. The Morgan fingerprint density at radius 1 is 0.974 bits per heavy atom. The zero-order valence-corrected chi connectivity index (χ0v) is 24.5. The van der Waals surface area contributed by atoms with E-state index in [1.54, 1.807) is 0 Å². The summed E-state index contributed by atoms with van der Waals surface area (Å²) in [5.41, 5.74) is 1.69. The minimum absolute atomic E-state index is 0.127. The van der Waals surface area contributed by atoms with Crippen molar-refractivity contribution in [1.82, 2.24) is 0 Å². The monoisotopic (exact) mass is 544 g/mol. The zero-order valence-electron chi connectivity index (χ0n) is 24.5. The van der Waals surface area contributed by atoms with Crippen LogP contribution in [-0.4, -0.2) is 12.1 Å². The van der Waals surface area contributed by atoms with Crippen LogP contribution in [0.5, 0.6) is 0 Å². The first-order valence-electron chi connectivity index (χ1n) is 15.5. The zero-order chi connectivity index (χ0) is 28.1. The number of hydrogen-bond donors (Lipinski definition) is 0. The Labute approximate surface area is 233 Å². The highest BCUT2D eigenvalue weighted by molar-refractivity contribution is 5.89. The number of esters is 1. The van der Waals surface area contributed by atoms with E-state index < -0.39 is 23.4 Å². The summed E-state index contributed by atoms with van der Waals surface area (Å²) in [6, 6.07) is 1.44.